The maximum atomic E-state index is 13.0. The molecule has 1 amide bonds. The predicted octanol–water partition coefficient (Wildman–Crippen LogP) is 1.37. The van der Waals surface area contributed by atoms with Gasteiger partial charge in [-0.1, -0.05) is 30.3 Å². The van der Waals surface area contributed by atoms with Gasteiger partial charge in [0.05, 0.1) is 18.0 Å². The quantitative estimate of drug-likeness (QED) is 0.756. The van der Waals surface area contributed by atoms with Crippen LogP contribution in [0.25, 0.3) is 10.8 Å². The number of benzene rings is 2. The molecule has 3 rings (SSSR count). The minimum absolute atomic E-state index is 0.0449. The predicted molar refractivity (Wildman–Crippen MR) is 85.9 cm³/mol. The van der Waals surface area contributed by atoms with Gasteiger partial charge in [-0.3, -0.25) is 9.59 Å². The highest BCUT2D eigenvalue weighted by Gasteiger charge is 2.17. The number of aromatic nitrogens is 2. The molecule has 0 saturated heterocycles. The lowest BCUT2D eigenvalue weighted by Crippen LogP contribution is -2.29. The van der Waals surface area contributed by atoms with Crippen molar-refractivity contribution in [3.63, 3.8) is 0 Å². The molecule has 3 aromatic rings. The molecule has 0 unspecified atom stereocenters. The minimum atomic E-state index is -1.09. The van der Waals surface area contributed by atoms with Crippen LogP contribution in [0.3, 0.4) is 0 Å². The van der Waals surface area contributed by atoms with Crippen LogP contribution in [0.1, 0.15) is 22.2 Å². The molecule has 0 aliphatic rings. The van der Waals surface area contributed by atoms with E-state index in [4.69, 9.17) is 5.73 Å². The van der Waals surface area contributed by atoms with E-state index in [0.717, 1.165) is 4.68 Å². The van der Waals surface area contributed by atoms with Gasteiger partial charge in [-0.15, -0.1) is 0 Å². The number of hydrogen-bond acceptors (Lipinski definition) is 4. The van der Waals surface area contributed by atoms with E-state index >= 15 is 0 Å². The summed E-state index contributed by atoms with van der Waals surface area (Å²) in [7, 11) is 0. The van der Waals surface area contributed by atoms with E-state index in [1.165, 1.54) is 24.3 Å². The van der Waals surface area contributed by atoms with Gasteiger partial charge in [-0.25, -0.2) is 9.07 Å². The minimum Gasteiger partial charge on any atom is -0.386 e. The van der Waals surface area contributed by atoms with Gasteiger partial charge in [-0.05, 0) is 23.8 Å². The Labute approximate surface area is 136 Å². The number of aliphatic hydroxyl groups excluding tert-OH is 1. The first-order chi connectivity index (χ1) is 11.5. The van der Waals surface area contributed by atoms with E-state index < -0.39 is 23.4 Å². The monoisotopic (exact) mass is 327 g/mol. The summed E-state index contributed by atoms with van der Waals surface area (Å²) in [5, 5.41) is 14.9. The van der Waals surface area contributed by atoms with Crippen LogP contribution < -0.4 is 11.3 Å². The Morgan fingerprint density at radius 2 is 1.79 bits per heavy atom. The molecule has 3 N–H and O–H groups in total. The molecule has 0 bridgehead atoms. The topological polar surface area (TPSA) is 98.2 Å². The lowest BCUT2D eigenvalue weighted by Gasteiger charge is -2.14. The zero-order valence-corrected chi connectivity index (χ0v) is 12.5. The molecule has 0 fully saturated rings. The zero-order valence-electron chi connectivity index (χ0n) is 12.5. The van der Waals surface area contributed by atoms with E-state index in [2.05, 4.69) is 5.10 Å². The van der Waals surface area contributed by atoms with Crippen molar-refractivity contribution in [3.8, 4) is 0 Å². The molecule has 2 aromatic carbocycles. The molecule has 1 atom stereocenters. The van der Waals surface area contributed by atoms with Crippen molar-refractivity contribution >= 4 is 16.7 Å². The van der Waals surface area contributed by atoms with Crippen molar-refractivity contribution in [2.45, 2.75) is 12.6 Å². The van der Waals surface area contributed by atoms with Gasteiger partial charge >= 0.3 is 0 Å². The molecule has 24 heavy (non-hydrogen) atoms. The second-order valence-electron chi connectivity index (χ2n) is 5.31. The molecule has 1 aromatic heterocycles. The summed E-state index contributed by atoms with van der Waals surface area (Å²) in [4.78, 5) is 24.1. The van der Waals surface area contributed by atoms with E-state index in [-0.39, 0.29) is 17.6 Å². The van der Waals surface area contributed by atoms with Crippen molar-refractivity contribution in [1.29, 1.82) is 0 Å². The summed E-state index contributed by atoms with van der Waals surface area (Å²) in [5.74, 6) is -1.20. The molecular formula is C17H14FN3O3. The fourth-order valence-corrected chi connectivity index (χ4v) is 2.50. The summed E-state index contributed by atoms with van der Waals surface area (Å²) in [6.07, 6.45) is -1.09. The van der Waals surface area contributed by atoms with Crippen LogP contribution in [0.2, 0.25) is 0 Å². The largest absolute Gasteiger partial charge is 0.386 e. The number of nitrogens with two attached hydrogens (primary N) is 1. The average molecular weight is 327 g/mol. The summed E-state index contributed by atoms with van der Waals surface area (Å²) in [6.45, 7) is -0.185. The number of fused-ring (bicyclic) bond motifs is 1. The molecule has 0 radical (unpaired) electrons. The number of amides is 1. The number of halogens is 1. The number of primary amides is 1. The highest BCUT2D eigenvalue weighted by Crippen LogP contribution is 2.17. The van der Waals surface area contributed by atoms with Crippen LogP contribution in [-0.4, -0.2) is 20.8 Å². The molecule has 7 heteroatoms. The Morgan fingerprint density at radius 1 is 1.17 bits per heavy atom. The lowest BCUT2D eigenvalue weighted by atomic mass is 10.1. The zero-order chi connectivity index (χ0) is 17.3. The summed E-state index contributed by atoms with van der Waals surface area (Å²) in [6, 6.07) is 11.7. The SMILES string of the molecule is NC(=O)c1nn(C[C@@H](O)c2ccc(F)cc2)c(=O)c2ccccc12. The number of rotatable bonds is 4. The van der Waals surface area contributed by atoms with E-state index in [1.807, 2.05) is 0 Å². The Morgan fingerprint density at radius 3 is 2.42 bits per heavy atom. The first-order valence-corrected chi connectivity index (χ1v) is 7.20. The first kappa shape index (κ1) is 15.8. The van der Waals surface area contributed by atoms with Gasteiger partial charge in [0.1, 0.15) is 5.82 Å². The maximum absolute atomic E-state index is 13.0. The van der Waals surface area contributed by atoms with Gasteiger partial charge < -0.3 is 10.8 Å². The van der Waals surface area contributed by atoms with Crippen molar-refractivity contribution in [3.05, 3.63) is 76.0 Å². The average Bonchev–Trinajstić information content (AvgIpc) is 2.57. The molecule has 0 spiro atoms. The van der Waals surface area contributed by atoms with Crippen LogP contribution in [0.5, 0.6) is 0 Å². The van der Waals surface area contributed by atoms with Crippen LogP contribution in [0.15, 0.2) is 53.3 Å². The number of aliphatic hydroxyl groups is 1. The van der Waals surface area contributed by atoms with Crippen LogP contribution in [0, 0.1) is 5.82 Å². The van der Waals surface area contributed by atoms with Gasteiger partial charge in [0.15, 0.2) is 5.69 Å². The standard InChI is InChI=1S/C17H14FN3O3/c18-11-7-5-10(6-8-11)14(22)9-21-17(24)13-4-2-1-3-12(13)15(20-21)16(19)23/h1-8,14,22H,9H2,(H2,19,23)/t14-/m1/s1. The first-order valence-electron chi connectivity index (χ1n) is 7.20. The van der Waals surface area contributed by atoms with Gasteiger partial charge in [0, 0.05) is 5.39 Å². The summed E-state index contributed by atoms with van der Waals surface area (Å²) in [5.41, 5.74) is 5.27. The molecule has 0 aliphatic heterocycles. The van der Waals surface area contributed by atoms with E-state index in [0.29, 0.717) is 10.9 Å². The molecule has 0 saturated carbocycles. The third kappa shape index (κ3) is 2.89. The Bertz CT molecular complexity index is 967. The number of carbonyl (C=O) groups is 1. The number of carbonyl (C=O) groups excluding carboxylic acids is 1. The smallest absolute Gasteiger partial charge is 0.274 e. The van der Waals surface area contributed by atoms with Crippen molar-refractivity contribution in [2.24, 2.45) is 5.73 Å². The highest BCUT2D eigenvalue weighted by atomic mass is 19.1. The number of hydrogen-bond donors (Lipinski definition) is 2. The van der Waals surface area contributed by atoms with Crippen molar-refractivity contribution in [1.82, 2.24) is 9.78 Å². The summed E-state index contributed by atoms with van der Waals surface area (Å²) >= 11 is 0. The third-order valence-corrected chi connectivity index (χ3v) is 3.70. The Kier molecular flexibility index (Phi) is 4.09. The highest BCUT2D eigenvalue weighted by molar-refractivity contribution is 6.03. The van der Waals surface area contributed by atoms with Crippen molar-refractivity contribution < 1.29 is 14.3 Å². The normalized spacial score (nSPS) is 12.2. The van der Waals surface area contributed by atoms with Gasteiger partial charge in [0.2, 0.25) is 0 Å². The second kappa shape index (κ2) is 6.21. The Balaban J connectivity index is 2.06. The molecular weight excluding hydrogens is 313 g/mol. The molecule has 1 heterocycles. The molecule has 122 valence electrons. The lowest BCUT2D eigenvalue weighted by molar-refractivity contribution is 0.0991. The molecule has 0 aliphatic carbocycles. The van der Waals surface area contributed by atoms with Crippen LogP contribution in [0.4, 0.5) is 4.39 Å². The van der Waals surface area contributed by atoms with Crippen molar-refractivity contribution in [2.75, 3.05) is 0 Å². The van der Waals surface area contributed by atoms with E-state index in [1.54, 1.807) is 24.3 Å². The maximum Gasteiger partial charge on any atom is 0.274 e. The van der Waals surface area contributed by atoms with Crippen LogP contribution in [-0.2, 0) is 6.54 Å². The van der Waals surface area contributed by atoms with Crippen LogP contribution >= 0.6 is 0 Å². The van der Waals surface area contributed by atoms with E-state index in [9.17, 15) is 19.1 Å². The fourth-order valence-electron chi connectivity index (χ4n) is 2.50. The third-order valence-electron chi connectivity index (χ3n) is 3.70. The number of nitrogens with zero attached hydrogens (tertiary/aromatic N) is 2. The van der Waals surface area contributed by atoms with Gasteiger partial charge in [0.25, 0.3) is 11.5 Å². The Hall–Kier alpha value is -3.06. The van der Waals surface area contributed by atoms with Gasteiger partial charge in [-0.2, -0.15) is 5.10 Å². The summed E-state index contributed by atoms with van der Waals surface area (Å²) < 4.78 is 14.0. The fraction of sp³-hybridized carbons (Fsp3) is 0.118. The molecule has 6 nitrogen and oxygen atoms in total. The second-order valence-corrected chi connectivity index (χ2v) is 5.31.